The van der Waals surface area contributed by atoms with Gasteiger partial charge in [0.15, 0.2) is 0 Å². The van der Waals surface area contributed by atoms with Gasteiger partial charge in [-0.3, -0.25) is 0 Å². The van der Waals surface area contributed by atoms with Crippen LogP contribution in [0.4, 0.5) is 5.82 Å². The maximum Gasteiger partial charge on any atom is 0.146 e. The van der Waals surface area contributed by atoms with Crippen LogP contribution in [0.15, 0.2) is 12.3 Å². The molecule has 1 aromatic rings. The Bertz CT molecular complexity index is 434. The van der Waals surface area contributed by atoms with E-state index in [4.69, 9.17) is 10.5 Å². The van der Waals surface area contributed by atoms with Crippen LogP contribution >= 0.6 is 0 Å². The minimum atomic E-state index is 0.436. The van der Waals surface area contributed by atoms with Gasteiger partial charge in [0, 0.05) is 19.3 Å². The smallest absolute Gasteiger partial charge is 0.146 e. The summed E-state index contributed by atoms with van der Waals surface area (Å²) in [5.41, 5.74) is 0.926. The summed E-state index contributed by atoms with van der Waals surface area (Å²) in [6.07, 6.45) is 2.65. The zero-order valence-electron chi connectivity index (χ0n) is 7.56. The molecule has 1 aromatic heterocycles. The molecule has 0 aromatic carbocycles. The van der Waals surface area contributed by atoms with Crippen molar-refractivity contribution in [2.24, 2.45) is 0 Å². The number of nitrogens with zero attached hydrogens (tertiary/aromatic N) is 4. The second-order valence-electron chi connectivity index (χ2n) is 3.16. The van der Waals surface area contributed by atoms with E-state index < -0.39 is 0 Å². The van der Waals surface area contributed by atoms with E-state index >= 15 is 0 Å². The van der Waals surface area contributed by atoms with Crippen LogP contribution in [0.25, 0.3) is 0 Å². The molecule has 0 atom stereocenters. The molecule has 0 bridgehead atoms. The molecule has 0 N–H and O–H groups in total. The molecule has 0 radical (unpaired) electrons. The van der Waals surface area contributed by atoms with Crippen LogP contribution in [0.5, 0.6) is 0 Å². The van der Waals surface area contributed by atoms with E-state index in [-0.39, 0.29) is 0 Å². The van der Waals surface area contributed by atoms with Crippen LogP contribution in [0, 0.1) is 22.7 Å². The van der Waals surface area contributed by atoms with Crippen molar-refractivity contribution in [1.82, 2.24) is 4.98 Å². The van der Waals surface area contributed by atoms with Crippen molar-refractivity contribution in [3.8, 4) is 12.1 Å². The molecule has 0 aliphatic carbocycles. The molecular formula is C10H8N4. The number of hydrogen-bond donors (Lipinski definition) is 0. The standard InChI is InChI=1S/C10H8N4/c11-5-8-4-9(6-12)10(13-7-8)14-2-1-3-14/h4,7H,1-3H2. The lowest BCUT2D eigenvalue weighted by Crippen LogP contribution is -2.38. The summed E-state index contributed by atoms with van der Waals surface area (Å²) < 4.78 is 0. The van der Waals surface area contributed by atoms with Crippen LogP contribution < -0.4 is 4.90 Å². The third kappa shape index (κ3) is 1.27. The Morgan fingerprint density at radius 3 is 2.57 bits per heavy atom. The third-order valence-corrected chi connectivity index (χ3v) is 2.27. The van der Waals surface area contributed by atoms with Crippen LogP contribution in [0.2, 0.25) is 0 Å². The van der Waals surface area contributed by atoms with Crippen molar-refractivity contribution in [2.75, 3.05) is 18.0 Å². The Hall–Kier alpha value is -2.07. The van der Waals surface area contributed by atoms with Gasteiger partial charge in [-0.05, 0) is 12.5 Å². The highest BCUT2D eigenvalue weighted by atomic mass is 15.2. The predicted molar refractivity (Wildman–Crippen MR) is 50.5 cm³/mol. The van der Waals surface area contributed by atoms with Crippen molar-refractivity contribution in [3.63, 3.8) is 0 Å². The molecule has 0 unspecified atom stereocenters. The Labute approximate surface area is 82.0 Å². The highest BCUT2D eigenvalue weighted by molar-refractivity contribution is 5.57. The van der Waals surface area contributed by atoms with E-state index in [0.29, 0.717) is 16.9 Å². The molecule has 1 aliphatic rings. The monoisotopic (exact) mass is 184 g/mol. The summed E-state index contributed by atoms with van der Waals surface area (Å²) >= 11 is 0. The van der Waals surface area contributed by atoms with Crippen LogP contribution in [-0.4, -0.2) is 18.1 Å². The summed E-state index contributed by atoms with van der Waals surface area (Å²) in [7, 11) is 0. The molecule has 68 valence electrons. The molecule has 0 spiro atoms. The van der Waals surface area contributed by atoms with Gasteiger partial charge in [-0.1, -0.05) is 0 Å². The number of hydrogen-bond acceptors (Lipinski definition) is 4. The highest BCUT2D eigenvalue weighted by Gasteiger charge is 2.19. The largest absolute Gasteiger partial charge is 0.355 e. The normalized spacial score (nSPS) is 14.0. The van der Waals surface area contributed by atoms with E-state index in [9.17, 15) is 0 Å². The lowest BCUT2D eigenvalue weighted by atomic mass is 10.1. The van der Waals surface area contributed by atoms with E-state index in [0.717, 1.165) is 19.5 Å². The van der Waals surface area contributed by atoms with Crippen molar-refractivity contribution >= 4 is 5.82 Å². The zero-order valence-corrected chi connectivity index (χ0v) is 7.56. The van der Waals surface area contributed by atoms with Gasteiger partial charge in [0.25, 0.3) is 0 Å². The molecule has 1 fully saturated rings. The first-order chi connectivity index (χ1) is 6.85. The van der Waals surface area contributed by atoms with Gasteiger partial charge in [-0.2, -0.15) is 10.5 Å². The quantitative estimate of drug-likeness (QED) is 0.654. The first-order valence-electron chi connectivity index (χ1n) is 4.40. The summed E-state index contributed by atoms with van der Waals surface area (Å²) in [4.78, 5) is 6.16. The fourth-order valence-electron chi connectivity index (χ4n) is 1.38. The highest BCUT2D eigenvalue weighted by Crippen LogP contribution is 2.22. The minimum absolute atomic E-state index is 0.436. The lowest BCUT2D eigenvalue weighted by molar-refractivity contribution is 0.609. The van der Waals surface area contributed by atoms with Crippen molar-refractivity contribution in [1.29, 1.82) is 10.5 Å². The first-order valence-corrected chi connectivity index (χ1v) is 4.40. The molecule has 1 aliphatic heterocycles. The van der Waals surface area contributed by atoms with Gasteiger partial charge in [-0.15, -0.1) is 0 Å². The average molecular weight is 184 g/mol. The average Bonchev–Trinajstić information content (AvgIpc) is 2.16. The van der Waals surface area contributed by atoms with E-state index in [1.165, 1.54) is 6.20 Å². The summed E-state index contributed by atoms with van der Waals surface area (Å²) in [5.74, 6) is 0.706. The van der Waals surface area contributed by atoms with E-state index in [1.807, 2.05) is 11.0 Å². The fourth-order valence-corrected chi connectivity index (χ4v) is 1.38. The maximum atomic E-state index is 8.88. The predicted octanol–water partition coefficient (Wildman–Crippen LogP) is 1.04. The number of nitriles is 2. The molecule has 4 nitrogen and oxygen atoms in total. The third-order valence-electron chi connectivity index (χ3n) is 2.27. The molecule has 14 heavy (non-hydrogen) atoms. The maximum absolute atomic E-state index is 8.88. The van der Waals surface area contributed by atoms with Crippen molar-refractivity contribution in [3.05, 3.63) is 23.4 Å². The van der Waals surface area contributed by atoms with Gasteiger partial charge < -0.3 is 4.90 Å². The second-order valence-corrected chi connectivity index (χ2v) is 3.16. The molecule has 1 saturated heterocycles. The molecule has 4 heteroatoms. The summed E-state index contributed by atoms with van der Waals surface area (Å²) in [6, 6.07) is 5.62. The lowest BCUT2D eigenvalue weighted by Gasteiger charge is -2.32. The van der Waals surface area contributed by atoms with Gasteiger partial charge in [0.1, 0.15) is 18.0 Å². The molecule has 2 heterocycles. The Morgan fingerprint density at radius 2 is 2.07 bits per heavy atom. The van der Waals surface area contributed by atoms with Gasteiger partial charge in [0.2, 0.25) is 0 Å². The number of anilines is 1. The minimum Gasteiger partial charge on any atom is -0.355 e. The van der Waals surface area contributed by atoms with Gasteiger partial charge in [0.05, 0.1) is 11.1 Å². The molecular weight excluding hydrogens is 176 g/mol. The zero-order chi connectivity index (χ0) is 9.97. The molecule has 0 saturated carbocycles. The number of aromatic nitrogens is 1. The van der Waals surface area contributed by atoms with Crippen molar-refractivity contribution < 1.29 is 0 Å². The van der Waals surface area contributed by atoms with Crippen LogP contribution in [0.1, 0.15) is 17.5 Å². The van der Waals surface area contributed by atoms with Crippen LogP contribution in [0.3, 0.4) is 0 Å². The second kappa shape index (κ2) is 3.35. The molecule has 0 amide bonds. The van der Waals surface area contributed by atoms with Gasteiger partial charge >= 0.3 is 0 Å². The Morgan fingerprint density at radius 1 is 1.29 bits per heavy atom. The molecule has 2 rings (SSSR count). The van der Waals surface area contributed by atoms with Crippen LogP contribution in [-0.2, 0) is 0 Å². The topological polar surface area (TPSA) is 63.7 Å². The van der Waals surface area contributed by atoms with E-state index in [2.05, 4.69) is 11.1 Å². The fraction of sp³-hybridized carbons (Fsp3) is 0.300. The number of pyridine rings is 1. The summed E-state index contributed by atoms with van der Waals surface area (Å²) in [6.45, 7) is 1.90. The Balaban J connectivity index is 2.41. The first kappa shape index (κ1) is 8.52. The number of rotatable bonds is 1. The Kier molecular flexibility index (Phi) is 2.04. The summed E-state index contributed by atoms with van der Waals surface area (Å²) in [5, 5.41) is 17.5. The van der Waals surface area contributed by atoms with Gasteiger partial charge in [-0.25, -0.2) is 4.98 Å². The van der Waals surface area contributed by atoms with E-state index in [1.54, 1.807) is 6.07 Å². The SMILES string of the molecule is N#Cc1cnc(N2CCC2)c(C#N)c1. The van der Waals surface area contributed by atoms with Crippen molar-refractivity contribution in [2.45, 2.75) is 6.42 Å².